The minimum Gasteiger partial charge on any atom is -0.339 e. The average molecular weight is 293 g/mol. The van der Waals surface area contributed by atoms with Gasteiger partial charge in [0.15, 0.2) is 5.82 Å². The van der Waals surface area contributed by atoms with Crippen molar-refractivity contribution in [3.8, 4) is 0 Å². The lowest BCUT2D eigenvalue weighted by Crippen LogP contribution is -2.47. The average Bonchev–Trinajstić information content (AvgIpc) is 2.75. The van der Waals surface area contributed by atoms with Crippen LogP contribution in [-0.2, 0) is 16.4 Å². The second-order valence-electron chi connectivity index (χ2n) is 4.99. The van der Waals surface area contributed by atoms with Crippen LogP contribution in [0.1, 0.15) is 23.2 Å². The fourth-order valence-corrected chi connectivity index (χ4v) is 3.05. The van der Waals surface area contributed by atoms with Crippen LogP contribution in [0.5, 0.6) is 0 Å². The van der Waals surface area contributed by atoms with Crippen LogP contribution < -0.4 is 0 Å². The Morgan fingerprint density at radius 3 is 2.65 bits per heavy atom. The van der Waals surface area contributed by atoms with Gasteiger partial charge in [-0.15, -0.1) is 0 Å². The van der Waals surface area contributed by atoms with Gasteiger partial charge in [-0.1, -0.05) is 35.5 Å². The van der Waals surface area contributed by atoms with Crippen LogP contribution in [0, 0.1) is 0 Å². The first-order valence-corrected chi connectivity index (χ1v) is 8.19. The van der Waals surface area contributed by atoms with Crippen LogP contribution in [0.15, 0.2) is 34.9 Å². The molecule has 2 aromatic rings. The summed E-state index contributed by atoms with van der Waals surface area (Å²) in [5, 5.41) is 3.95. The van der Waals surface area contributed by atoms with Gasteiger partial charge in [-0.25, -0.2) is 12.7 Å². The Hall–Kier alpha value is -1.73. The molecule has 1 aliphatic rings. The van der Waals surface area contributed by atoms with Gasteiger partial charge in [0.2, 0.25) is 15.9 Å². The summed E-state index contributed by atoms with van der Waals surface area (Å²) in [5.41, 5.74) is 1.12. The highest BCUT2D eigenvalue weighted by atomic mass is 32.2. The highest BCUT2D eigenvalue weighted by Gasteiger charge is 2.37. The molecule has 1 saturated heterocycles. The van der Waals surface area contributed by atoms with Crippen LogP contribution >= 0.6 is 0 Å². The summed E-state index contributed by atoms with van der Waals surface area (Å²) in [7, 11) is -3.11. The summed E-state index contributed by atoms with van der Waals surface area (Å²) in [6.07, 6.45) is 1.82. The molecule has 7 heteroatoms. The number of sulfonamides is 1. The van der Waals surface area contributed by atoms with Crippen LogP contribution in [0.2, 0.25) is 0 Å². The maximum atomic E-state index is 11.3. The standard InChI is InChI=1S/C13H15N3O3S/c1-20(17,18)16-8-11(9-16)13-14-12(15-19-13)7-10-5-3-2-4-6-10/h2-6,11H,7-9H2,1H3. The van der Waals surface area contributed by atoms with E-state index in [9.17, 15) is 8.42 Å². The van der Waals surface area contributed by atoms with Crippen LogP contribution in [-0.4, -0.2) is 42.2 Å². The molecule has 1 aromatic carbocycles. The highest BCUT2D eigenvalue weighted by molar-refractivity contribution is 7.88. The molecule has 0 amide bonds. The van der Waals surface area contributed by atoms with Gasteiger partial charge in [-0.3, -0.25) is 0 Å². The molecule has 1 aliphatic heterocycles. The van der Waals surface area contributed by atoms with Crippen molar-refractivity contribution in [1.29, 1.82) is 0 Å². The van der Waals surface area contributed by atoms with E-state index in [1.54, 1.807) is 0 Å². The van der Waals surface area contributed by atoms with E-state index in [0.29, 0.717) is 31.2 Å². The van der Waals surface area contributed by atoms with E-state index in [-0.39, 0.29) is 5.92 Å². The lowest BCUT2D eigenvalue weighted by atomic mass is 10.0. The highest BCUT2D eigenvalue weighted by Crippen LogP contribution is 2.27. The molecule has 0 aliphatic carbocycles. The molecule has 6 nitrogen and oxygen atoms in total. The first-order valence-electron chi connectivity index (χ1n) is 6.34. The van der Waals surface area contributed by atoms with Crippen molar-refractivity contribution >= 4 is 10.0 Å². The summed E-state index contributed by atoms with van der Waals surface area (Å²) >= 11 is 0. The molecule has 0 spiro atoms. The first kappa shape index (κ1) is 13.3. The predicted octanol–water partition coefficient (Wildman–Crippen LogP) is 1.02. The molecule has 1 fully saturated rings. The summed E-state index contributed by atoms with van der Waals surface area (Å²) in [6, 6.07) is 9.90. The Labute approximate surface area is 117 Å². The van der Waals surface area contributed by atoms with Gasteiger partial charge in [0.1, 0.15) is 0 Å². The molecule has 0 N–H and O–H groups in total. The molecule has 0 atom stereocenters. The van der Waals surface area contributed by atoms with E-state index in [4.69, 9.17) is 4.52 Å². The molecule has 0 radical (unpaired) electrons. The number of benzene rings is 1. The van der Waals surface area contributed by atoms with Crippen molar-refractivity contribution in [3.05, 3.63) is 47.6 Å². The second-order valence-corrected chi connectivity index (χ2v) is 6.97. The number of hydrogen-bond donors (Lipinski definition) is 0. The van der Waals surface area contributed by atoms with Crippen LogP contribution in [0.3, 0.4) is 0 Å². The fourth-order valence-electron chi connectivity index (χ4n) is 2.15. The molecular formula is C13H15N3O3S. The van der Waals surface area contributed by atoms with E-state index >= 15 is 0 Å². The molecule has 0 saturated carbocycles. The Morgan fingerprint density at radius 1 is 1.30 bits per heavy atom. The Bertz CT molecular complexity index is 691. The quantitative estimate of drug-likeness (QED) is 0.841. The zero-order chi connectivity index (χ0) is 14.2. The number of nitrogens with zero attached hydrogens (tertiary/aromatic N) is 3. The molecule has 1 aromatic heterocycles. The van der Waals surface area contributed by atoms with Gasteiger partial charge < -0.3 is 4.52 Å². The van der Waals surface area contributed by atoms with Gasteiger partial charge in [0.25, 0.3) is 0 Å². The predicted molar refractivity (Wildman–Crippen MR) is 72.7 cm³/mol. The SMILES string of the molecule is CS(=O)(=O)N1CC(c2nc(Cc3ccccc3)no2)C1. The Balaban J connectivity index is 1.64. The van der Waals surface area contributed by atoms with Gasteiger partial charge in [0, 0.05) is 19.5 Å². The molecular weight excluding hydrogens is 278 g/mol. The molecule has 0 bridgehead atoms. The molecule has 2 heterocycles. The minimum atomic E-state index is -3.11. The molecule has 0 unspecified atom stereocenters. The zero-order valence-electron chi connectivity index (χ0n) is 11.1. The summed E-state index contributed by atoms with van der Waals surface area (Å²) in [5.74, 6) is 1.17. The lowest BCUT2D eigenvalue weighted by Gasteiger charge is -2.34. The third-order valence-corrected chi connectivity index (χ3v) is 4.59. The van der Waals surface area contributed by atoms with Crippen LogP contribution in [0.4, 0.5) is 0 Å². The fraction of sp³-hybridized carbons (Fsp3) is 0.385. The zero-order valence-corrected chi connectivity index (χ0v) is 11.9. The molecule has 20 heavy (non-hydrogen) atoms. The van der Waals surface area contributed by atoms with Crippen molar-refractivity contribution in [2.45, 2.75) is 12.3 Å². The lowest BCUT2D eigenvalue weighted by molar-refractivity contribution is 0.217. The van der Waals surface area contributed by atoms with Gasteiger partial charge in [-0.2, -0.15) is 4.98 Å². The number of hydrogen-bond acceptors (Lipinski definition) is 5. The first-order chi connectivity index (χ1) is 9.52. The Kier molecular flexibility index (Phi) is 3.31. The summed E-state index contributed by atoms with van der Waals surface area (Å²) in [4.78, 5) is 4.34. The van der Waals surface area contributed by atoms with Gasteiger partial charge in [0.05, 0.1) is 12.2 Å². The molecule has 106 valence electrons. The Morgan fingerprint density at radius 2 is 2.00 bits per heavy atom. The monoisotopic (exact) mass is 293 g/mol. The van der Waals surface area contributed by atoms with Gasteiger partial charge in [-0.05, 0) is 5.56 Å². The van der Waals surface area contributed by atoms with Crippen molar-refractivity contribution in [2.24, 2.45) is 0 Å². The number of rotatable bonds is 4. The third kappa shape index (κ3) is 2.73. The van der Waals surface area contributed by atoms with Gasteiger partial charge >= 0.3 is 0 Å². The van der Waals surface area contributed by atoms with Crippen molar-refractivity contribution in [3.63, 3.8) is 0 Å². The minimum absolute atomic E-state index is 0.0155. The van der Waals surface area contributed by atoms with E-state index in [2.05, 4.69) is 10.1 Å². The van der Waals surface area contributed by atoms with E-state index in [0.717, 1.165) is 5.56 Å². The smallest absolute Gasteiger partial charge is 0.232 e. The summed E-state index contributed by atoms with van der Waals surface area (Å²) in [6.45, 7) is 0.845. The van der Waals surface area contributed by atoms with Crippen LogP contribution in [0.25, 0.3) is 0 Å². The normalized spacial score (nSPS) is 17.1. The van der Waals surface area contributed by atoms with E-state index in [1.165, 1.54) is 10.6 Å². The summed E-state index contributed by atoms with van der Waals surface area (Å²) < 4.78 is 29.2. The molecule has 3 rings (SSSR count). The second kappa shape index (κ2) is 4.99. The van der Waals surface area contributed by atoms with Crippen molar-refractivity contribution in [2.75, 3.05) is 19.3 Å². The third-order valence-electron chi connectivity index (χ3n) is 3.36. The maximum Gasteiger partial charge on any atom is 0.232 e. The van der Waals surface area contributed by atoms with E-state index < -0.39 is 10.0 Å². The van der Waals surface area contributed by atoms with Crippen molar-refractivity contribution in [1.82, 2.24) is 14.4 Å². The van der Waals surface area contributed by atoms with Crippen molar-refractivity contribution < 1.29 is 12.9 Å². The van der Waals surface area contributed by atoms with E-state index in [1.807, 2.05) is 30.3 Å². The topological polar surface area (TPSA) is 76.3 Å². The maximum absolute atomic E-state index is 11.3. The number of aromatic nitrogens is 2. The largest absolute Gasteiger partial charge is 0.339 e.